The van der Waals surface area contributed by atoms with E-state index in [0.29, 0.717) is 18.3 Å². The molecule has 7 atom stereocenters. The zero-order valence-electron chi connectivity index (χ0n) is 24.4. The molecule has 230 valence electrons. The van der Waals surface area contributed by atoms with E-state index in [-0.39, 0.29) is 48.6 Å². The number of carbonyl (C=O) groups is 1. The van der Waals surface area contributed by atoms with E-state index < -0.39 is 34.4 Å². The monoisotopic (exact) mass is 602 g/mol. The van der Waals surface area contributed by atoms with E-state index in [0.717, 1.165) is 24.8 Å². The lowest BCUT2D eigenvalue weighted by Gasteiger charge is -2.32. The third-order valence-corrected chi connectivity index (χ3v) is 10.3. The van der Waals surface area contributed by atoms with Crippen LogP contribution in [-0.2, 0) is 30.7 Å². The summed E-state index contributed by atoms with van der Waals surface area (Å²) in [6.45, 7) is 4.30. The molecule has 1 amide bonds. The van der Waals surface area contributed by atoms with Crippen molar-refractivity contribution in [3.8, 4) is 5.75 Å². The van der Waals surface area contributed by atoms with Gasteiger partial charge in [-0.1, -0.05) is 44.2 Å². The lowest BCUT2D eigenvalue weighted by molar-refractivity contribution is -0.139. The van der Waals surface area contributed by atoms with Gasteiger partial charge in [-0.05, 0) is 61.4 Å². The van der Waals surface area contributed by atoms with Gasteiger partial charge in [-0.3, -0.25) is 0 Å². The van der Waals surface area contributed by atoms with Crippen molar-refractivity contribution >= 4 is 16.1 Å². The Kier molecular flexibility index (Phi) is 9.74. The van der Waals surface area contributed by atoms with Crippen LogP contribution in [0.5, 0.6) is 5.75 Å². The van der Waals surface area contributed by atoms with E-state index in [4.69, 9.17) is 18.9 Å². The van der Waals surface area contributed by atoms with Gasteiger partial charge in [-0.15, -0.1) is 0 Å². The maximum absolute atomic E-state index is 13.7. The largest absolute Gasteiger partial charge is 0.497 e. The van der Waals surface area contributed by atoms with Crippen molar-refractivity contribution < 1.29 is 37.3 Å². The van der Waals surface area contributed by atoms with Crippen LogP contribution in [0.2, 0.25) is 0 Å². The highest BCUT2D eigenvalue weighted by Crippen LogP contribution is 2.44. The number of hydrogen-bond acceptors (Lipinski definition) is 8. The maximum atomic E-state index is 13.7. The molecule has 1 saturated carbocycles. The van der Waals surface area contributed by atoms with E-state index in [1.807, 2.05) is 44.2 Å². The molecule has 3 heterocycles. The van der Waals surface area contributed by atoms with Gasteiger partial charge < -0.3 is 29.4 Å². The number of ether oxygens (including phenoxy) is 4. The number of amides is 1. The fourth-order valence-electron chi connectivity index (χ4n) is 6.22. The molecule has 3 saturated heterocycles. The number of methoxy groups -OCH3 is 1. The van der Waals surface area contributed by atoms with E-state index in [1.54, 1.807) is 12.1 Å². The first-order chi connectivity index (χ1) is 20.1. The first-order valence-corrected chi connectivity index (χ1v) is 16.2. The molecule has 42 heavy (non-hydrogen) atoms. The zero-order valence-corrected chi connectivity index (χ0v) is 25.2. The summed E-state index contributed by atoms with van der Waals surface area (Å²) >= 11 is 0. The van der Waals surface area contributed by atoms with Crippen LogP contribution in [0.3, 0.4) is 0 Å². The van der Waals surface area contributed by atoms with Crippen molar-refractivity contribution in [3.05, 3.63) is 60.2 Å². The van der Waals surface area contributed by atoms with Crippen LogP contribution in [0, 0.1) is 17.8 Å². The first kappa shape index (κ1) is 30.7. The van der Waals surface area contributed by atoms with Crippen molar-refractivity contribution in [1.82, 2.24) is 9.62 Å². The summed E-state index contributed by atoms with van der Waals surface area (Å²) in [7, 11) is -2.43. The summed E-state index contributed by atoms with van der Waals surface area (Å²) < 4.78 is 51.7. The van der Waals surface area contributed by atoms with Crippen LogP contribution in [0.15, 0.2) is 59.5 Å². The first-order valence-electron chi connectivity index (χ1n) is 14.7. The van der Waals surface area contributed by atoms with Gasteiger partial charge in [0, 0.05) is 24.9 Å². The van der Waals surface area contributed by atoms with Crippen molar-refractivity contribution in [2.24, 2.45) is 17.8 Å². The quantitative estimate of drug-likeness (QED) is 0.378. The van der Waals surface area contributed by atoms with E-state index in [2.05, 4.69) is 5.32 Å². The minimum Gasteiger partial charge on any atom is -0.497 e. The van der Waals surface area contributed by atoms with Crippen LogP contribution in [0.4, 0.5) is 4.79 Å². The standard InChI is InChI=1S/C31H42N2O8S/c1-20(2)17-33(42(36,37)25-13-11-24(38-3)12-14-25)18-27(34)26(15-21-7-5-4-6-8-21)32-31(35)41-29-23-10-9-22-16-28(29)40-30(22)39-19-23/h4-8,11-14,20,22-23,26-30,34H,9-10,15-19H2,1-3H3,(H,32,35)/t22?,23?,26-,27+,28?,29-,30?/m0/s1. The molecule has 4 bridgehead atoms. The Hall–Kier alpha value is -2.70. The predicted octanol–water partition coefficient (Wildman–Crippen LogP) is 3.58. The van der Waals surface area contributed by atoms with E-state index in [9.17, 15) is 18.3 Å². The molecule has 4 unspecified atom stereocenters. The second-order valence-corrected chi connectivity index (χ2v) is 13.9. The summed E-state index contributed by atoms with van der Waals surface area (Å²) in [6.07, 6.45) is 0.206. The second kappa shape index (κ2) is 13.3. The number of nitrogens with zero attached hydrogens (tertiary/aromatic N) is 1. The van der Waals surface area contributed by atoms with Crippen LogP contribution in [-0.4, -0.2) is 81.4 Å². The molecule has 6 rings (SSSR count). The highest BCUT2D eigenvalue weighted by Gasteiger charge is 2.50. The van der Waals surface area contributed by atoms with Crippen LogP contribution >= 0.6 is 0 Å². The van der Waals surface area contributed by atoms with Gasteiger partial charge in [-0.2, -0.15) is 4.31 Å². The molecule has 11 heteroatoms. The SMILES string of the molecule is COc1ccc(S(=O)(=O)N(CC(C)C)C[C@@H](O)[C@H](Cc2ccccc2)NC(=O)O[C@H]2C3CCC4CC2OC4OC3)cc1. The molecule has 2 aromatic carbocycles. The van der Waals surface area contributed by atoms with Gasteiger partial charge in [0.1, 0.15) is 11.9 Å². The number of rotatable bonds is 12. The number of hydrogen-bond donors (Lipinski definition) is 2. The highest BCUT2D eigenvalue weighted by atomic mass is 32.2. The molecule has 4 aliphatic rings. The Morgan fingerprint density at radius 1 is 1.07 bits per heavy atom. The van der Waals surface area contributed by atoms with Crippen molar-refractivity contribution in [3.63, 3.8) is 0 Å². The van der Waals surface area contributed by atoms with Crippen LogP contribution in [0.25, 0.3) is 0 Å². The number of aliphatic hydroxyl groups excluding tert-OH is 1. The third-order valence-electron chi connectivity index (χ3n) is 8.41. The topological polar surface area (TPSA) is 124 Å². The van der Waals surface area contributed by atoms with Crippen LogP contribution in [0.1, 0.15) is 38.7 Å². The number of nitrogens with one attached hydrogen (secondary N) is 1. The summed E-state index contributed by atoms with van der Waals surface area (Å²) in [5.41, 5.74) is 0.888. The van der Waals surface area contributed by atoms with Gasteiger partial charge in [-0.25, -0.2) is 13.2 Å². The van der Waals surface area contributed by atoms with E-state index in [1.165, 1.54) is 23.5 Å². The van der Waals surface area contributed by atoms with Crippen molar-refractivity contribution in [1.29, 1.82) is 0 Å². The molecule has 2 aromatic rings. The minimum atomic E-state index is -3.95. The number of fused-ring (bicyclic) bond motifs is 2. The summed E-state index contributed by atoms with van der Waals surface area (Å²) in [5.74, 6) is 0.913. The fraction of sp³-hybridized carbons (Fsp3) is 0.581. The predicted molar refractivity (Wildman–Crippen MR) is 155 cm³/mol. The van der Waals surface area contributed by atoms with E-state index >= 15 is 0 Å². The molecule has 2 N–H and O–H groups in total. The number of sulfonamides is 1. The average molecular weight is 603 g/mol. The molecule has 4 fully saturated rings. The smallest absolute Gasteiger partial charge is 0.407 e. The maximum Gasteiger partial charge on any atom is 0.407 e. The Labute approximate surface area is 248 Å². The Morgan fingerprint density at radius 3 is 2.48 bits per heavy atom. The average Bonchev–Trinajstić information content (AvgIpc) is 3.06. The van der Waals surface area contributed by atoms with Crippen molar-refractivity contribution in [2.75, 3.05) is 26.8 Å². The lowest BCUT2D eigenvalue weighted by atomic mass is 9.96. The normalized spacial score (nSPS) is 26.6. The molecule has 0 aromatic heterocycles. The lowest BCUT2D eigenvalue weighted by Crippen LogP contribution is -2.52. The molecule has 0 radical (unpaired) electrons. The zero-order chi connectivity index (χ0) is 29.9. The third kappa shape index (κ3) is 7.08. The molecular formula is C31H42N2O8S. The Morgan fingerprint density at radius 2 is 1.79 bits per heavy atom. The molecule has 0 spiro atoms. The second-order valence-electron chi connectivity index (χ2n) is 12.0. The highest BCUT2D eigenvalue weighted by molar-refractivity contribution is 7.89. The summed E-state index contributed by atoms with van der Waals surface area (Å²) in [5, 5.41) is 14.4. The van der Waals surface area contributed by atoms with Gasteiger partial charge >= 0.3 is 6.09 Å². The van der Waals surface area contributed by atoms with Gasteiger partial charge in [0.15, 0.2) is 6.29 Å². The van der Waals surface area contributed by atoms with Gasteiger partial charge in [0.05, 0.1) is 36.9 Å². The van der Waals surface area contributed by atoms with Gasteiger partial charge in [0.25, 0.3) is 0 Å². The molecule has 1 aliphatic carbocycles. The summed E-state index contributed by atoms with van der Waals surface area (Å²) in [4.78, 5) is 13.4. The fourth-order valence-corrected chi connectivity index (χ4v) is 7.85. The number of alkyl carbamates (subject to hydrolysis) is 1. The van der Waals surface area contributed by atoms with Crippen molar-refractivity contribution in [2.45, 2.75) is 75.1 Å². The summed E-state index contributed by atoms with van der Waals surface area (Å²) in [6, 6.07) is 14.8. The van der Waals surface area contributed by atoms with Crippen LogP contribution < -0.4 is 10.1 Å². The molecule has 10 nitrogen and oxygen atoms in total. The Bertz CT molecular complexity index is 1270. The Balaban J connectivity index is 1.33. The minimum absolute atomic E-state index is 0.00125. The molecular weight excluding hydrogens is 560 g/mol. The number of aliphatic hydroxyl groups is 1. The van der Waals surface area contributed by atoms with Gasteiger partial charge in [0.2, 0.25) is 10.0 Å². The number of benzene rings is 2. The molecule has 3 aliphatic heterocycles. The number of carbonyl (C=O) groups excluding carboxylic acids is 1.